The topological polar surface area (TPSA) is 0 Å². The molecule has 0 aliphatic carbocycles. The Hall–Kier alpha value is -1.60. The molecule has 1 heteroatoms. The Morgan fingerprint density at radius 1 is 0.941 bits per heavy atom. The van der Waals surface area contributed by atoms with Gasteiger partial charge in [0.05, 0.1) is 0 Å². The van der Waals surface area contributed by atoms with Gasteiger partial charge in [0.25, 0.3) is 0 Å². The predicted octanol–water partition coefficient (Wildman–Crippen LogP) is 5.19. The highest BCUT2D eigenvalue weighted by Crippen LogP contribution is 2.34. The van der Waals surface area contributed by atoms with Crippen LogP contribution in [0.2, 0.25) is 0 Å². The molecular weight excluding hydrogens is 224 g/mol. The molecule has 2 aromatic carbocycles. The van der Waals surface area contributed by atoms with Gasteiger partial charge in [-0.1, -0.05) is 42.0 Å². The summed E-state index contributed by atoms with van der Waals surface area (Å²) in [6, 6.07) is 15.4. The predicted molar refractivity (Wildman–Crippen MR) is 76.7 cm³/mol. The van der Waals surface area contributed by atoms with Crippen molar-refractivity contribution >= 4 is 22.1 Å². The van der Waals surface area contributed by atoms with Crippen molar-refractivity contribution in [3.05, 3.63) is 59.0 Å². The van der Waals surface area contributed by atoms with Crippen LogP contribution in [0.25, 0.3) is 21.2 Å². The molecule has 0 amide bonds. The van der Waals surface area contributed by atoms with E-state index in [4.69, 9.17) is 0 Å². The van der Waals surface area contributed by atoms with E-state index in [9.17, 15) is 0 Å². The fourth-order valence-electron chi connectivity index (χ4n) is 2.31. The molecule has 0 saturated heterocycles. The molecule has 84 valence electrons. The van der Waals surface area contributed by atoms with E-state index in [1.165, 1.54) is 32.3 Å². The highest BCUT2D eigenvalue weighted by atomic mass is 32.1. The summed E-state index contributed by atoms with van der Waals surface area (Å²) in [6.07, 6.45) is 0. The Labute approximate surface area is 106 Å². The van der Waals surface area contributed by atoms with Crippen LogP contribution in [0.5, 0.6) is 0 Å². The Morgan fingerprint density at radius 2 is 1.82 bits per heavy atom. The van der Waals surface area contributed by atoms with Crippen molar-refractivity contribution in [3.63, 3.8) is 0 Å². The molecule has 0 aliphatic rings. The minimum Gasteiger partial charge on any atom is -0.144 e. The Bertz CT molecular complexity index is 663. The van der Waals surface area contributed by atoms with Crippen LogP contribution in [-0.4, -0.2) is 0 Å². The maximum absolute atomic E-state index is 2.26. The minimum atomic E-state index is 1.32. The number of rotatable bonds is 1. The third-order valence-electron chi connectivity index (χ3n) is 3.15. The molecule has 0 atom stereocenters. The van der Waals surface area contributed by atoms with Crippen LogP contribution in [0.4, 0.5) is 0 Å². The summed E-state index contributed by atoms with van der Waals surface area (Å²) in [5.74, 6) is 0. The zero-order valence-electron chi connectivity index (χ0n) is 10.0. The fraction of sp³-hybridized carbons (Fsp3) is 0.125. The van der Waals surface area contributed by atoms with E-state index in [2.05, 4.69) is 61.7 Å². The van der Waals surface area contributed by atoms with Gasteiger partial charge in [-0.2, -0.15) is 0 Å². The lowest BCUT2D eigenvalue weighted by Gasteiger charge is -2.09. The molecule has 0 aliphatic heterocycles. The van der Waals surface area contributed by atoms with Gasteiger partial charge >= 0.3 is 0 Å². The Balaban J connectivity index is 2.40. The van der Waals surface area contributed by atoms with Gasteiger partial charge in [0.2, 0.25) is 0 Å². The second-order valence-corrected chi connectivity index (χ2v) is 5.41. The number of hydrogen-bond acceptors (Lipinski definition) is 1. The van der Waals surface area contributed by atoms with E-state index in [1.807, 2.05) is 11.3 Å². The molecule has 0 saturated carbocycles. The van der Waals surface area contributed by atoms with Crippen molar-refractivity contribution in [1.29, 1.82) is 0 Å². The molecule has 0 unspecified atom stereocenters. The second kappa shape index (κ2) is 4.01. The normalized spacial score (nSPS) is 10.9. The first-order chi connectivity index (χ1) is 8.25. The van der Waals surface area contributed by atoms with E-state index in [-0.39, 0.29) is 0 Å². The number of fused-ring (bicyclic) bond motifs is 1. The summed E-state index contributed by atoms with van der Waals surface area (Å²) in [5.41, 5.74) is 4.06. The third-order valence-corrected chi connectivity index (χ3v) is 4.04. The van der Waals surface area contributed by atoms with Crippen molar-refractivity contribution in [2.75, 3.05) is 0 Å². The van der Waals surface area contributed by atoms with Crippen molar-refractivity contribution in [3.8, 4) is 10.4 Å². The largest absolute Gasteiger partial charge is 0.144 e. The lowest BCUT2D eigenvalue weighted by Crippen LogP contribution is -1.84. The first-order valence-electron chi connectivity index (χ1n) is 5.79. The van der Waals surface area contributed by atoms with Gasteiger partial charge in [0, 0.05) is 10.4 Å². The summed E-state index contributed by atoms with van der Waals surface area (Å²) >= 11 is 1.81. The maximum atomic E-state index is 2.26. The lowest BCUT2D eigenvalue weighted by atomic mass is 9.97. The first kappa shape index (κ1) is 10.5. The van der Waals surface area contributed by atoms with E-state index in [0.29, 0.717) is 0 Å². The smallest absolute Gasteiger partial charge is 0.0351 e. The SMILES string of the molecule is Cc1ccc2c(-c3cccs3)c(C)ccc2c1. The van der Waals surface area contributed by atoms with Crippen molar-refractivity contribution in [1.82, 2.24) is 0 Å². The average Bonchev–Trinajstić information content (AvgIpc) is 2.82. The summed E-state index contributed by atoms with van der Waals surface area (Å²) in [7, 11) is 0. The third kappa shape index (κ3) is 1.77. The molecule has 0 nitrogen and oxygen atoms in total. The standard InChI is InChI=1S/C16H14S/c1-11-5-8-14-13(10-11)7-6-12(2)16(14)15-4-3-9-17-15/h3-10H,1-2H3. The monoisotopic (exact) mass is 238 g/mol. The van der Waals surface area contributed by atoms with Crippen LogP contribution in [-0.2, 0) is 0 Å². The number of benzene rings is 2. The molecule has 17 heavy (non-hydrogen) atoms. The van der Waals surface area contributed by atoms with Gasteiger partial charge in [-0.15, -0.1) is 11.3 Å². The quantitative estimate of drug-likeness (QED) is 0.547. The van der Waals surface area contributed by atoms with E-state index in [1.54, 1.807) is 0 Å². The Morgan fingerprint density at radius 3 is 2.59 bits per heavy atom. The fourth-order valence-corrected chi connectivity index (χ4v) is 3.16. The van der Waals surface area contributed by atoms with Crippen LogP contribution in [0.15, 0.2) is 47.8 Å². The van der Waals surface area contributed by atoms with Crippen molar-refractivity contribution in [2.45, 2.75) is 13.8 Å². The van der Waals surface area contributed by atoms with Gasteiger partial charge < -0.3 is 0 Å². The van der Waals surface area contributed by atoms with Crippen LogP contribution in [0, 0.1) is 13.8 Å². The summed E-state index contributed by atoms with van der Waals surface area (Å²) in [4.78, 5) is 1.36. The first-order valence-corrected chi connectivity index (χ1v) is 6.67. The molecule has 0 spiro atoms. The maximum Gasteiger partial charge on any atom is 0.0351 e. The Kier molecular flexibility index (Phi) is 2.49. The highest BCUT2D eigenvalue weighted by Gasteiger charge is 2.07. The average molecular weight is 238 g/mol. The van der Waals surface area contributed by atoms with Gasteiger partial charge in [-0.25, -0.2) is 0 Å². The van der Waals surface area contributed by atoms with Gasteiger partial charge in [-0.05, 0) is 41.6 Å². The second-order valence-electron chi connectivity index (χ2n) is 4.46. The zero-order valence-corrected chi connectivity index (χ0v) is 10.8. The van der Waals surface area contributed by atoms with Crippen molar-refractivity contribution < 1.29 is 0 Å². The van der Waals surface area contributed by atoms with Crippen LogP contribution in [0.3, 0.4) is 0 Å². The lowest BCUT2D eigenvalue weighted by molar-refractivity contribution is 1.47. The van der Waals surface area contributed by atoms with Crippen LogP contribution >= 0.6 is 11.3 Å². The van der Waals surface area contributed by atoms with Gasteiger partial charge in [0.15, 0.2) is 0 Å². The van der Waals surface area contributed by atoms with Crippen LogP contribution in [0.1, 0.15) is 11.1 Å². The molecule has 0 N–H and O–H groups in total. The van der Waals surface area contributed by atoms with E-state index < -0.39 is 0 Å². The molecule has 3 aromatic rings. The number of aryl methyl sites for hydroxylation is 2. The minimum absolute atomic E-state index is 1.32. The molecule has 1 aromatic heterocycles. The molecule has 3 rings (SSSR count). The molecule has 0 radical (unpaired) electrons. The summed E-state index contributed by atoms with van der Waals surface area (Å²) in [5, 5.41) is 4.83. The highest BCUT2D eigenvalue weighted by molar-refractivity contribution is 7.13. The summed E-state index contributed by atoms with van der Waals surface area (Å²) in [6.45, 7) is 4.33. The number of thiophene rings is 1. The molecular formula is C16H14S. The molecule has 1 heterocycles. The molecule has 0 bridgehead atoms. The van der Waals surface area contributed by atoms with Crippen LogP contribution < -0.4 is 0 Å². The zero-order chi connectivity index (χ0) is 11.8. The number of hydrogen-bond donors (Lipinski definition) is 0. The van der Waals surface area contributed by atoms with Gasteiger partial charge in [-0.3, -0.25) is 0 Å². The van der Waals surface area contributed by atoms with E-state index in [0.717, 1.165) is 0 Å². The van der Waals surface area contributed by atoms with Gasteiger partial charge in [0.1, 0.15) is 0 Å². The molecule has 0 fully saturated rings. The van der Waals surface area contributed by atoms with E-state index >= 15 is 0 Å². The summed E-state index contributed by atoms with van der Waals surface area (Å²) < 4.78 is 0. The van der Waals surface area contributed by atoms with Crippen molar-refractivity contribution in [2.24, 2.45) is 0 Å².